The molecule has 0 aliphatic carbocycles. The molecule has 0 spiro atoms. The van der Waals surface area contributed by atoms with Crippen LogP contribution < -0.4 is 5.73 Å². The molecule has 1 rings (SSSR count). The number of nitrogens with zero attached hydrogens (tertiary/aromatic N) is 1. The first-order valence-corrected chi connectivity index (χ1v) is 5.08. The normalized spacial score (nSPS) is 9.73. The van der Waals surface area contributed by atoms with Gasteiger partial charge in [-0.15, -0.1) is 0 Å². The van der Waals surface area contributed by atoms with Gasteiger partial charge in [0.1, 0.15) is 0 Å². The van der Waals surface area contributed by atoms with E-state index in [-0.39, 0.29) is 12.5 Å². The van der Waals surface area contributed by atoms with Crippen LogP contribution in [-0.2, 0) is 0 Å². The summed E-state index contributed by atoms with van der Waals surface area (Å²) in [6, 6.07) is 6.67. The molecule has 0 atom stereocenters. The average molecular weight is 243 g/mol. The Labute approximate surface area is 98.8 Å². The first kappa shape index (κ1) is 11.9. The molecule has 0 heterocycles. The van der Waals surface area contributed by atoms with Gasteiger partial charge in [-0.1, -0.05) is 23.8 Å². The van der Waals surface area contributed by atoms with Crippen molar-refractivity contribution < 1.29 is 4.79 Å². The predicted molar refractivity (Wildman–Crippen MR) is 65.2 cm³/mol. The summed E-state index contributed by atoms with van der Waals surface area (Å²) in [5.74, 6) is -0.125. The van der Waals surface area contributed by atoms with Crippen LogP contribution in [0.2, 0.25) is 5.02 Å². The third-order valence-electron chi connectivity index (χ3n) is 1.83. The zero-order chi connectivity index (χ0) is 11.4. The summed E-state index contributed by atoms with van der Waals surface area (Å²) in [6.45, 7) is 0.275. The Morgan fingerprint density at radius 2 is 2.00 bits per heavy atom. The second-order valence-corrected chi connectivity index (χ2v) is 4.10. The van der Waals surface area contributed by atoms with E-state index in [1.807, 2.05) is 0 Å². The molecule has 0 fully saturated rings. The fourth-order valence-corrected chi connectivity index (χ4v) is 1.44. The Bertz CT molecular complexity index is 378. The maximum absolute atomic E-state index is 11.8. The summed E-state index contributed by atoms with van der Waals surface area (Å²) >= 11 is 10.4. The number of thiocarbonyl (C=S) groups is 1. The van der Waals surface area contributed by atoms with Crippen LogP contribution in [0.4, 0.5) is 0 Å². The molecule has 0 saturated carbocycles. The van der Waals surface area contributed by atoms with E-state index < -0.39 is 0 Å². The van der Waals surface area contributed by atoms with Gasteiger partial charge in [0.2, 0.25) is 0 Å². The first-order chi connectivity index (χ1) is 7.00. The monoisotopic (exact) mass is 242 g/mol. The number of likely N-dealkylation sites (N-methyl/N-ethyl adjacent to an activating group) is 1. The molecule has 0 bridgehead atoms. The van der Waals surface area contributed by atoms with E-state index in [0.29, 0.717) is 15.6 Å². The van der Waals surface area contributed by atoms with Gasteiger partial charge in [-0.3, -0.25) is 4.79 Å². The molecule has 1 aromatic rings. The Morgan fingerprint density at radius 3 is 2.47 bits per heavy atom. The van der Waals surface area contributed by atoms with Crippen LogP contribution in [-0.4, -0.2) is 29.4 Å². The predicted octanol–water partition coefficient (Wildman–Crippen LogP) is 1.70. The van der Waals surface area contributed by atoms with Gasteiger partial charge in [-0.05, 0) is 24.3 Å². The highest BCUT2D eigenvalue weighted by atomic mass is 35.5. The Morgan fingerprint density at radius 1 is 1.47 bits per heavy atom. The van der Waals surface area contributed by atoms with Crippen molar-refractivity contribution >= 4 is 34.7 Å². The maximum atomic E-state index is 11.8. The summed E-state index contributed by atoms with van der Waals surface area (Å²) in [7, 11) is 1.65. The van der Waals surface area contributed by atoms with E-state index >= 15 is 0 Å². The Hall–Kier alpha value is -1.13. The van der Waals surface area contributed by atoms with Crippen molar-refractivity contribution in [2.45, 2.75) is 0 Å². The van der Waals surface area contributed by atoms with E-state index in [0.717, 1.165) is 0 Å². The fourth-order valence-electron chi connectivity index (χ4n) is 1.12. The second-order valence-electron chi connectivity index (χ2n) is 3.13. The van der Waals surface area contributed by atoms with Crippen LogP contribution in [0.1, 0.15) is 10.4 Å². The van der Waals surface area contributed by atoms with Crippen molar-refractivity contribution in [1.82, 2.24) is 4.90 Å². The van der Waals surface area contributed by atoms with Crippen molar-refractivity contribution in [3.05, 3.63) is 34.9 Å². The SMILES string of the molecule is CN(CC(N)=S)C(=O)c1ccc(Cl)cc1. The van der Waals surface area contributed by atoms with Crippen LogP contribution in [0.3, 0.4) is 0 Å². The van der Waals surface area contributed by atoms with Crippen molar-refractivity contribution in [2.75, 3.05) is 13.6 Å². The number of hydrogen-bond acceptors (Lipinski definition) is 2. The fraction of sp³-hybridized carbons (Fsp3) is 0.200. The van der Waals surface area contributed by atoms with Crippen molar-refractivity contribution in [1.29, 1.82) is 0 Å². The van der Waals surface area contributed by atoms with E-state index in [4.69, 9.17) is 29.6 Å². The third-order valence-corrected chi connectivity index (χ3v) is 2.21. The lowest BCUT2D eigenvalue weighted by molar-refractivity contribution is 0.0815. The highest BCUT2D eigenvalue weighted by Gasteiger charge is 2.11. The lowest BCUT2D eigenvalue weighted by Gasteiger charge is -2.15. The maximum Gasteiger partial charge on any atom is 0.253 e. The molecule has 0 saturated heterocycles. The quantitative estimate of drug-likeness (QED) is 0.821. The van der Waals surface area contributed by atoms with Gasteiger partial charge in [-0.2, -0.15) is 0 Å². The molecule has 5 heteroatoms. The zero-order valence-electron chi connectivity index (χ0n) is 8.24. The molecule has 0 unspecified atom stereocenters. The summed E-state index contributed by atoms with van der Waals surface area (Å²) in [4.78, 5) is 13.5. The number of rotatable bonds is 3. The molecule has 0 aliphatic rings. The van der Waals surface area contributed by atoms with Gasteiger partial charge in [0, 0.05) is 17.6 Å². The number of amides is 1. The number of carbonyl (C=O) groups is 1. The largest absolute Gasteiger partial charge is 0.392 e. The molecule has 15 heavy (non-hydrogen) atoms. The molecule has 1 aromatic carbocycles. The summed E-state index contributed by atoms with van der Waals surface area (Å²) in [5.41, 5.74) is 5.92. The minimum Gasteiger partial charge on any atom is -0.392 e. The minimum absolute atomic E-state index is 0.125. The standard InChI is InChI=1S/C10H11ClN2OS/c1-13(6-9(12)15)10(14)7-2-4-8(11)5-3-7/h2-5H,6H2,1H3,(H2,12,15). The molecule has 0 aliphatic heterocycles. The van der Waals surface area contributed by atoms with E-state index in [9.17, 15) is 4.79 Å². The van der Waals surface area contributed by atoms with Crippen molar-refractivity contribution in [2.24, 2.45) is 5.73 Å². The van der Waals surface area contributed by atoms with Gasteiger partial charge in [-0.25, -0.2) is 0 Å². The van der Waals surface area contributed by atoms with E-state index in [1.54, 1.807) is 31.3 Å². The third kappa shape index (κ3) is 3.49. The zero-order valence-corrected chi connectivity index (χ0v) is 9.81. The van der Waals surface area contributed by atoms with Crippen LogP contribution >= 0.6 is 23.8 Å². The van der Waals surface area contributed by atoms with Crippen LogP contribution in [0.5, 0.6) is 0 Å². The second kappa shape index (κ2) is 5.09. The Kier molecular flexibility index (Phi) is 4.05. The van der Waals surface area contributed by atoms with Gasteiger partial charge >= 0.3 is 0 Å². The van der Waals surface area contributed by atoms with Gasteiger partial charge in [0.05, 0.1) is 11.5 Å². The van der Waals surface area contributed by atoms with Gasteiger partial charge < -0.3 is 10.6 Å². The van der Waals surface area contributed by atoms with Crippen molar-refractivity contribution in [3.63, 3.8) is 0 Å². The lowest BCUT2D eigenvalue weighted by atomic mass is 10.2. The first-order valence-electron chi connectivity index (χ1n) is 4.30. The molecule has 0 aromatic heterocycles. The average Bonchev–Trinajstić information content (AvgIpc) is 2.17. The lowest BCUT2D eigenvalue weighted by Crippen LogP contribution is -2.34. The number of nitrogens with two attached hydrogens (primary N) is 1. The Balaban J connectivity index is 2.76. The van der Waals surface area contributed by atoms with Crippen molar-refractivity contribution in [3.8, 4) is 0 Å². The number of carbonyl (C=O) groups excluding carboxylic acids is 1. The highest BCUT2D eigenvalue weighted by Crippen LogP contribution is 2.10. The summed E-state index contributed by atoms with van der Waals surface area (Å²) in [5, 5.41) is 0.601. The summed E-state index contributed by atoms with van der Waals surface area (Å²) < 4.78 is 0. The van der Waals surface area contributed by atoms with Gasteiger partial charge in [0.15, 0.2) is 0 Å². The molecule has 0 radical (unpaired) electrons. The van der Waals surface area contributed by atoms with E-state index in [2.05, 4.69) is 0 Å². The molecule has 3 nitrogen and oxygen atoms in total. The molecule has 1 amide bonds. The van der Waals surface area contributed by atoms with Gasteiger partial charge in [0.25, 0.3) is 5.91 Å². The molecular formula is C10H11ClN2OS. The molecule has 80 valence electrons. The number of halogens is 1. The topological polar surface area (TPSA) is 46.3 Å². The highest BCUT2D eigenvalue weighted by molar-refractivity contribution is 7.80. The van der Waals surface area contributed by atoms with Crippen LogP contribution in [0.15, 0.2) is 24.3 Å². The van der Waals surface area contributed by atoms with Crippen LogP contribution in [0, 0.1) is 0 Å². The minimum atomic E-state index is -0.125. The number of benzene rings is 1. The smallest absolute Gasteiger partial charge is 0.253 e. The number of hydrogen-bond donors (Lipinski definition) is 1. The van der Waals surface area contributed by atoms with E-state index in [1.165, 1.54) is 4.90 Å². The molecular weight excluding hydrogens is 232 g/mol. The van der Waals surface area contributed by atoms with Crippen LogP contribution in [0.25, 0.3) is 0 Å². The summed E-state index contributed by atoms with van der Waals surface area (Å²) in [6.07, 6.45) is 0. The molecule has 2 N–H and O–H groups in total.